The highest BCUT2D eigenvalue weighted by atomic mass is 16.5. The number of hydrogen-bond acceptors (Lipinski definition) is 4. The lowest BCUT2D eigenvalue weighted by molar-refractivity contribution is -0.136. The molecular formula is C15H28N2O4. The van der Waals surface area contributed by atoms with Crippen LogP contribution in [0.2, 0.25) is 0 Å². The number of carbonyl (C=O) groups excluding carboxylic acids is 1. The highest BCUT2D eigenvalue weighted by Gasteiger charge is 2.33. The van der Waals surface area contributed by atoms with Crippen molar-refractivity contribution in [3.8, 4) is 0 Å². The van der Waals surface area contributed by atoms with Crippen molar-refractivity contribution in [1.29, 1.82) is 0 Å². The minimum atomic E-state index is -0.250. The molecule has 2 heterocycles. The zero-order chi connectivity index (χ0) is 15.8. The average molecular weight is 300 g/mol. The van der Waals surface area contributed by atoms with E-state index in [0.717, 1.165) is 45.4 Å². The molecule has 0 aromatic carbocycles. The second-order valence-corrected chi connectivity index (χ2v) is 5.94. The van der Waals surface area contributed by atoms with Gasteiger partial charge in [0.2, 0.25) is 5.91 Å². The van der Waals surface area contributed by atoms with Gasteiger partial charge in [-0.15, -0.1) is 0 Å². The zero-order valence-electron chi connectivity index (χ0n) is 13.3. The first-order valence-electron chi connectivity index (χ1n) is 7.67. The Morgan fingerprint density at radius 3 is 2.24 bits per heavy atom. The Morgan fingerprint density at radius 1 is 1.24 bits per heavy atom. The monoisotopic (exact) mass is 300 g/mol. The molecule has 0 aromatic heterocycles. The largest absolute Gasteiger partial charge is 0.483 e. The molecule has 1 N–H and O–H groups in total. The van der Waals surface area contributed by atoms with E-state index in [1.165, 1.54) is 0 Å². The number of ether oxygens (including phenoxy) is 1. The summed E-state index contributed by atoms with van der Waals surface area (Å²) in [5.74, 6) is 0.605. The first kappa shape index (κ1) is 17.9. The lowest BCUT2D eigenvalue weighted by Gasteiger charge is -2.35. The van der Waals surface area contributed by atoms with Gasteiger partial charge in [-0.05, 0) is 46.2 Å². The van der Waals surface area contributed by atoms with Crippen LogP contribution in [0.5, 0.6) is 0 Å². The van der Waals surface area contributed by atoms with Gasteiger partial charge in [0.05, 0.1) is 6.10 Å². The number of hydrogen-bond donors (Lipinski definition) is 1. The minimum Gasteiger partial charge on any atom is -0.483 e. The number of likely N-dealkylation sites (tertiary alicyclic amines) is 2. The Balaban J connectivity index is 0.000000677. The normalized spacial score (nSPS) is 23.8. The summed E-state index contributed by atoms with van der Waals surface area (Å²) in [4.78, 5) is 25.2. The van der Waals surface area contributed by atoms with E-state index in [4.69, 9.17) is 14.6 Å². The van der Waals surface area contributed by atoms with Gasteiger partial charge in [-0.2, -0.15) is 0 Å². The first-order valence-corrected chi connectivity index (χ1v) is 7.67. The van der Waals surface area contributed by atoms with E-state index in [2.05, 4.69) is 18.7 Å². The molecule has 0 spiro atoms. The maximum Gasteiger partial charge on any atom is 0.290 e. The second-order valence-electron chi connectivity index (χ2n) is 5.94. The molecule has 0 bridgehead atoms. The number of amides is 1. The molecule has 2 rings (SSSR count). The molecule has 122 valence electrons. The van der Waals surface area contributed by atoms with Crippen LogP contribution in [0.1, 0.15) is 33.1 Å². The summed E-state index contributed by atoms with van der Waals surface area (Å²) in [6.45, 7) is 8.00. The van der Waals surface area contributed by atoms with Crippen LogP contribution in [0.4, 0.5) is 0 Å². The van der Waals surface area contributed by atoms with Gasteiger partial charge in [-0.1, -0.05) is 0 Å². The van der Waals surface area contributed by atoms with Crippen LogP contribution in [0, 0.1) is 5.92 Å². The summed E-state index contributed by atoms with van der Waals surface area (Å²) in [5, 5.41) is 6.89. The summed E-state index contributed by atoms with van der Waals surface area (Å²) in [5.41, 5.74) is 0. The molecule has 2 saturated heterocycles. The molecule has 0 aliphatic carbocycles. The van der Waals surface area contributed by atoms with Crippen molar-refractivity contribution in [2.45, 2.75) is 45.3 Å². The van der Waals surface area contributed by atoms with Crippen molar-refractivity contribution in [3.05, 3.63) is 0 Å². The summed E-state index contributed by atoms with van der Waals surface area (Å²) in [7, 11) is 1.74. The maximum absolute atomic E-state index is 12.4. The van der Waals surface area contributed by atoms with Crippen molar-refractivity contribution < 1.29 is 19.4 Å². The van der Waals surface area contributed by atoms with Gasteiger partial charge in [-0.25, -0.2) is 0 Å². The van der Waals surface area contributed by atoms with Crippen LogP contribution in [-0.4, -0.2) is 72.7 Å². The molecule has 0 aromatic rings. The van der Waals surface area contributed by atoms with Crippen molar-refractivity contribution in [2.24, 2.45) is 5.92 Å². The third-order valence-corrected chi connectivity index (χ3v) is 4.40. The van der Waals surface area contributed by atoms with Crippen LogP contribution < -0.4 is 0 Å². The van der Waals surface area contributed by atoms with Gasteiger partial charge in [-0.3, -0.25) is 9.59 Å². The topological polar surface area (TPSA) is 70.1 Å². The van der Waals surface area contributed by atoms with E-state index < -0.39 is 0 Å². The van der Waals surface area contributed by atoms with Gasteiger partial charge in [0.15, 0.2) is 0 Å². The average Bonchev–Trinajstić information content (AvgIpc) is 2.96. The van der Waals surface area contributed by atoms with E-state index in [-0.39, 0.29) is 18.5 Å². The molecular weight excluding hydrogens is 272 g/mol. The number of nitrogens with zero attached hydrogens (tertiary/aromatic N) is 2. The zero-order valence-corrected chi connectivity index (χ0v) is 13.3. The van der Waals surface area contributed by atoms with Crippen molar-refractivity contribution in [2.75, 3.05) is 33.3 Å². The lowest BCUT2D eigenvalue weighted by Crippen LogP contribution is -2.44. The molecule has 1 amide bonds. The van der Waals surface area contributed by atoms with Gasteiger partial charge < -0.3 is 19.6 Å². The third-order valence-electron chi connectivity index (χ3n) is 4.40. The lowest BCUT2D eigenvalue weighted by atomic mass is 9.94. The fourth-order valence-electron chi connectivity index (χ4n) is 3.04. The van der Waals surface area contributed by atoms with E-state index in [1.807, 2.05) is 4.90 Å². The van der Waals surface area contributed by atoms with Crippen LogP contribution >= 0.6 is 0 Å². The van der Waals surface area contributed by atoms with Gasteiger partial charge in [0.25, 0.3) is 6.47 Å². The molecule has 0 radical (unpaired) electrons. The van der Waals surface area contributed by atoms with Crippen molar-refractivity contribution in [1.82, 2.24) is 9.80 Å². The summed E-state index contributed by atoms with van der Waals surface area (Å²) in [6, 6.07) is 0.603. The number of rotatable bonds is 3. The van der Waals surface area contributed by atoms with Gasteiger partial charge in [0, 0.05) is 32.2 Å². The second kappa shape index (κ2) is 9.00. The fourth-order valence-corrected chi connectivity index (χ4v) is 3.04. The predicted molar refractivity (Wildman–Crippen MR) is 80.1 cm³/mol. The Kier molecular flexibility index (Phi) is 7.67. The van der Waals surface area contributed by atoms with Crippen LogP contribution in [0.25, 0.3) is 0 Å². The number of piperidine rings is 1. The SMILES string of the molecule is COC1CCN(C(=O)C2CCN(C(C)C)CC2)C1.O=CO. The molecule has 1 unspecified atom stereocenters. The Morgan fingerprint density at radius 2 is 1.81 bits per heavy atom. The molecule has 0 saturated carbocycles. The van der Waals surface area contributed by atoms with Crippen LogP contribution in [-0.2, 0) is 14.3 Å². The molecule has 6 heteroatoms. The minimum absolute atomic E-state index is 0.246. The number of carboxylic acid groups (broad SMARTS) is 1. The standard InChI is InChI=1S/C14H26N2O2.CH2O2/c1-11(2)15-7-4-12(5-8-15)14(17)16-9-6-13(10-16)18-3;2-1-3/h11-13H,4-10H2,1-3H3;1H,(H,2,3). The number of carbonyl (C=O) groups is 2. The molecule has 2 fully saturated rings. The van der Waals surface area contributed by atoms with Gasteiger partial charge >= 0.3 is 0 Å². The van der Waals surface area contributed by atoms with Crippen molar-refractivity contribution >= 4 is 12.4 Å². The highest BCUT2D eigenvalue weighted by molar-refractivity contribution is 5.79. The van der Waals surface area contributed by atoms with E-state index in [9.17, 15) is 4.79 Å². The van der Waals surface area contributed by atoms with Crippen LogP contribution in [0.3, 0.4) is 0 Å². The smallest absolute Gasteiger partial charge is 0.290 e. The summed E-state index contributed by atoms with van der Waals surface area (Å²) < 4.78 is 5.33. The third kappa shape index (κ3) is 5.28. The Bertz CT molecular complexity index is 328. The summed E-state index contributed by atoms with van der Waals surface area (Å²) >= 11 is 0. The van der Waals surface area contributed by atoms with E-state index >= 15 is 0 Å². The van der Waals surface area contributed by atoms with Crippen molar-refractivity contribution in [3.63, 3.8) is 0 Å². The molecule has 1 atom stereocenters. The quantitative estimate of drug-likeness (QED) is 0.789. The molecule has 6 nitrogen and oxygen atoms in total. The Labute approximate surface area is 127 Å². The summed E-state index contributed by atoms with van der Waals surface area (Å²) in [6.07, 6.45) is 3.29. The predicted octanol–water partition coefficient (Wildman–Crippen LogP) is 1.05. The number of methoxy groups -OCH3 is 1. The van der Waals surface area contributed by atoms with E-state index in [1.54, 1.807) is 7.11 Å². The Hall–Kier alpha value is -1.14. The van der Waals surface area contributed by atoms with Crippen LogP contribution in [0.15, 0.2) is 0 Å². The molecule has 2 aliphatic heterocycles. The molecule has 21 heavy (non-hydrogen) atoms. The maximum atomic E-state index is 12.4. The highest BCUT2D eigenvalue weighted by Crippen LogP contribution is 2.23. The molecule has 2 aliphatic rings. The van der Waals surface area contributed by atoms with E-state index in [0.29, 0.717) is 11.9 Å². The van der Waals surface area contributed by atoms with Gasteiger partial charge in [0.1, 0.15) is 0 Å². The first-order chi connectivity index (χ1) is 10.0. The fraction of sp³-hybridized carbons (Fsp3) is 0.867.